The van der Waals surface area contributed by atoms with E-state index in [1.165, 1.54) is 0 Å². The van der Waals surface area contributed by atoms with Crippen LogP contribution in [-0.4, -0.2) is 18.3 Å². The highest BCUT2D eigenvalue weighted by molar-refractivity contribution is 6.30. The fraction of sp³-hybridized carbons (Fsp3) is 0.533. The molecule has 106 valence electrons. The smallest absolute Gasteiger partial charge is 0.224 e. The van der Waals surface area contributed by atoms with Gasteiger partial charge in [-0.1, -0.05) is 37.1 Å². The summed E-state index contributed by atoms with van der Waals surface area (Å²) in [5.41, 5.74) is 0.939. The Bertz CT molecular complexity index is 389. The van der Waals surface area contributed by atoms with Crippen molar-refractivity contribution in [3.05, 3.63) is 34.9 Å². The Labute approximate surface area is 125 Å². The molecule has 0 aromatic heterocycles. The van der Waals surface area contributed by atoms with Crippen LogP contribution in [0.15, 0.2) is 24.3 Å². The zero-order chi connectivity index (χ0) is 14.1. The molecule has 0 heterocycles. The Morgan fingerprint density at radius 2 is 2.16 bits per heavy atom. The van der Waals surface area contributed by atoms with Gasteiger partial charge in [-0.05, 0) is 36.5 Å². The standard InChI is InChI=1S/C15H21Cl2NO/c1-2-4-12(7-8-16)11-18-15(19)10-13-5-3-6-14(17)9-13/h3,5-6,9,12H,2,4,7-8,10-11H2,1H3,(H,18,19). The molecule has 0 aliphatic rings. The van der Waals surface area contributed by atoms with Gasteiger partial charge in [0.15, 0.2) is 0 Å². The molecule has 2 nitrogen and oxygen atoms in total. The molecule has 1 N–H and O–H groups in total. The quantitative estimate of drug-likeness (QED) is 0.721. The average molecular weight is 302 g/mol. The van der Waals surface area contributed by atoms with Gasteiger partial charge in [0, 0.05) is 17.4 Å². The SMILES string of the molecule is CCCC(CCCl)CNC(=O)Cc1cccc(Cl)c1. The average Bonchev–Trinajstić information content (AvgIpc) is 2.36. The van der Waals surface area contributed by atoms with Gasteiger partial charge in [-0.15, -0.1) is 11.6 Å². The van der Waals surface area contributed by atoms with Crippen LogP contribution in [0.4, 0.5) is 0 Å². The van der Waals surface area contributed by atoms with Gasteiger partial charge in [0.05, 0.1) is 6.42 Å². The number of rotatable bonds is 8. The lowest BCUT2D eigenvalue weighted by Gasteiger charge is -2.15. The van der Waals surface area contributed by atoms with Gasteiger partial charge in [0.25, 0.3) is 0 Å². The van der Waals surface area contributed by atoms with Crippen molar-refractivity contribution in [2.24, 2.45) is 5.92 Å². The Hall–Kier alpha value is -0.730. The summed E-state index contributed by atoms with van der Waals surface area (Å²) in [5, 5.41) is 3.64. The molecule has 4 heteroatoms. The van der Waals surface area contributed by atoms with Crippen LogP contribution in [0, 0.1) is 5.92 Å². The molecular weight excluding hydrogens is 281 g/mol. The van der Waals surface area contributed by atoms with E-state index in [9.17, 15) is 4.79 Å². The van der Waals surface area contributed by atoms with E-state index < -0.39 is 0 Å². The topological polar surface area (TPSA) is 29.1 Å². The predicted molar refractivity (Wildman–Crippen MR) is 81.9 cm³/mol. The number of benzene rings is 1. The summed E-state index contributed by atoms with van der Waals surface area (Å²) < 4.78 is 0. The fourth-order valence-electron chi connectivity index (χ4n) is 2.06. The maximum absolute atomic E-state index is 11.8. The van der Waals surface area contributed by atoms with E-state index >= 15 is 0 Å². The molecule has 0 aliphatic heterocycles. The van der Waals surface area contributed by atoms with Crippen LogP contribution < -0.4 is 5.32 Å². The molecule has 19 heavy (non-hydrogen) atoms. The molecule has 0 spiro atoms. The van der Waals surface area contributed by atoms with Crippen LogP contribution in [0.2, 0.25) is 5.02 Å². The molecule has 1 aromatic rings. The van der Waals surface area contributed by atoms with Crippen molar-refractivity contribution in [1.29, 1.82) is 0 Å². The number of carbonyl (C=O) groups is 1. The minimum Gasteiger partial charge on any atom is -0.356 e. The van der Waals surface area contributed by atoms with Gasteiger partial charge >= 0.3 is 0 Å². The molecule has 1 unspecified atom stereocenters. The van der Waals surface area contributed by atoms with E-state index in [2.05, 4.69) is 12.2 Å². The van der Waals surface area contributed by atoms with Crippen LogP contribution >= 0.6 is 23.2 Å². The first-order valence-corrected chi connectivity index (χ1v) is 7.64. The Kier molecular flexibility index (Phi) is 7.92. The first-order valence-electron chi connectivity index (χ1n) is 6.72. The normalized spacial score (nSPS) is 12.2. The number of hydrogen-bond acceptors (Lipinski definition) is 1. The number of halogens is 2. The van der Waals surface area contributed by atoms with Crippen molar-refractivity contribution in [2.75, 3.05) is 12.4 Å². The molecule has 0 aliphatic carbocycles. The lowest BCUT2D eigenvalue weighted by atomic mass is 10.0. The van der Waals surface area contributed by atoms with Gasteiger partial charge < -0.3 is 5.32 Å². The van der Waals surface area contributed by atoms with Crippen molar-refractivity contribution in [3.63, 3.8) is 0 Å². The molecule has 0 bridgehead atoms. The summed E-state index contributed by atoms with van der Waals surface area (Å²) in [4.78, 5) is 11.8. The number of hydrogen-bond donors (Lipinski definition) is 1. The van der Waals surface area contributed by atoms with Gasteiger partial charge in [0.2, 0.25) is 5.91 Å². The summed E-state index contributed by atoms with van der Waals surface area (Å²) in [5.74, 6) is 1.17. The molecular formula is C15H21Cl2NO. The predicted octanol–water partition coefficient (Wildman–Crippen LogP) is 4.04. The van der Waals surface area contributed by atoms with Crippen molar-refractivity contribution in [1.82, 2.24) is 5.32 Å². The molecule has 0 radical (unpaired) electrons. The second kappa shape index (κ2) is 9.22. The van der Waals surface area contributed by atoms with Gasteiger partial charge in [-0.25, -0.2) is 0 Å². The Morgan fingerprint density at radius 3 is 2.79 bits per heavy atom. The van der Waals surface area contributed by atoms with Crippen LogP contribution in [-0.2, 0) is 11.2 Å². The monoisotopic (exact) mass is 301 g/mol. The number of carbonyl (C=O) groups excluding carboxylic acids is 1. The van der Waals surface area contributed by atoms with Crippen LogP contribution in [0.25, 0.3) is 0 Å². The van der Waals surface area contributed by atoms with E-state index in [1.807, 2.05) is 18.2 Å². The third kappa shape index (κ3) is 6.84. The second-order valence-electron chi connectivity index (χ2n) is 4.74. The number of nitrogens with one attached hydrogen (secondary N) is 1. The Balaban J connectivity index is 2.38. The first-order chi connectivity index (χ1) is 9.15. The van der Waals surface area contributed by atoms with Crippen LogP contribution in [0.3, 0.4) is 0 Å². The molecule has 0 fully saturated rings. The summed E-state index contributed by atoms with van der Waals surface area (Å²) >= 11 is 11.7. The van der Waals surface area contributed by atoms with Gasteiger partial charge in [-0.2, -0.15) is 0 Å². The maximum Gasteiger partial charge on any atom is 0.224 e. The zero-order valence-electron chi connectivity index (χ0n) is 11.3. The minimum absolute atomic E-state index is 0.0398. The Morgan fingerprint density at radius 1 is 1.37 bits per heavy atom. The van der Waals surface area contributed by atoms with E-state index in [0.717, 1.165) is 24.8 Å². The zero-order valence-corrected chi connectivity index (χ0v) is 12.8. The highest BCUT2D eigenvalue weighted by Crippen LogP contribution is 2.12. The second-order valence-corrected chi connectivity index (χ2v) is 5.56. The van der Waals surface area contributed by atoms with Crippen molar-refractivity contribution in [2.45, 2.75) is 32.6 Å². The molecule has 1 aromatic carbocycles. The van der Waals surface area contributed by atoms with Gasteiger partial charge in [-0.3, -0.25) is 4.79 Å². The number of alkyl halides is 1. The van der Waals surface area contributed by atoms with Gasteiger partial charge in [0.1, 0.15) is 0 Å². The molecule has 1 rings (SSSR count). The van der Waals surface area contributed by atoms with E-state index in [-0.39, 0.29) is 5.91 Å². The summed E-state index contributed by atoms with van der Waals surface area (Å²) in [6.07, 6.45) is 3.54. The largest absolute Gasteiger partial charge is 0.356 e. The lowest BCUT2D eigenvalue weighted by Crippen LogP contribution is -2.30. The highest BCUT2D eigenvalue weighted by atomic mass is 35.5. The van der Waals surface area contributed by atoms with E-state index in [1.54, 1.807) is 6.07 Å². The van der Waals surface area contributed by atoms with Crippen molar-refractivity contribution < 1.29 is 4.79 Å². The van der Waals surface area contributed by atoms with Crippen molar-refractivity contribution >= 4 is 29.1 Å². The summed E-state index contributed by atoms with van der Waals surface area (Å²) in [6, 6.07) is 7.40. The molecule has 1 amide bonds. The molecule has 0 saturated heterocycles. The van der Waals surface area contributed by atoms with Crippen molar-refractivity contribution in [3.8, 4) is 0 Å². The lowest BCUT2D eigenvalue weighted by molar-refractivity contribution is -0.120. The van der Waals surface area contributed by atoms with Crippen LogP contribution in [0.1, 0.15) is 31.7 Å². The number of amides is 1. The summed E-state index contributed by atoms with van der Waals surface area (Å²) in [7, 11) is 0. The highest BCUT2D eigenvalue weighted by Gasteiger charge is 2.09. The molecule has 1 atom stereocenters. The fourth-order valence-corrected chi connectivity index (χ4v) is 2.59. The van der Waals surface area contributed by atoms with E-state index in [4.69, 9.17) is 23.2 Å². The van der Waals surface area contributed by atoms with Crippen LogP contribution in [0.5, 0.6) is 0 Å². The third-order valence-electron chi connectivity index (χ3n) is 3.06. The maximum atomic E-state index is 11.8. The molecule has 0 saturated carbocycles. The first kappa shape index (κ1) is 16.3. The van der Waals surface area contributed by atoms with E-state index in [0.29, 0.717) is 29.8 Å². The minimum atomic E-state index is 0.0398. The summed E-state index contributed by atoms with van der Waals surface area (Å²) in [6.45, 7) is 2.86. The third-order valence-corrected chi connectivity index (χ3v) is 3.51.